The molecule has 0 bridgehead atoms. The summed E-state index contributed by atoms with van der Waals surface area (Å²) >= 11 is 0. The molecular formula is C18H20N4O4. The van der Waals surface area contributed by atoms with Gasteiger partial charge in [0.25, 0.3) is 5.91 Å². The Labute approximate surface area is 150 Å². The van der Waals surface area contributed by atoms with Crippen LogP contribution in [0.4, 0.5) is 11.5 Å². The molecule has 5 N–H and O–H groups in total. The zero-order valence-corrected chi connectivity index (χ0v) is 14.3. The molecule has 2 aromatic rings. The Morgan fingerprint density at radius 3 is 2.69 bits per heavy atom. The lowest BCUT2D eigenvalue weighted by Gasteiger charge is -2.10. The molecule has 0 unspecified atom stereocenters. The number of aryl methyl sites for hydroxylation is 2. The van der Waals surface area contributed by atoms with Crippen LogP contribution in [0, 0.1) is 6.92 Å². The van der Waals surface area contributed by atoms with Gasteiger partial charge in [0.2, 0.25) is 5.91 Å². The first-order valence-corrected chi connectivity index (χ1v) is 7.96. The van der Waals surface area contributed by atoms with Gasteiger partial charge in [-0.1, -0.05) is 12.1 Å². The Morgan fingerprint density at radius 2 is 2.00 bits per heavy atom. The number of aliphatic carboxylic acids is 1. The third-order valence-electron chi connectivity index (χ3n) is 3.71. The van der Waals surface area contributed by atoms with Crippen LogP contribution in [0.5, 0.6) is 0 Å². The van der Waals surface area contributed by atoms with Gasteiger partial charge in [-0.3, -0.25) is 14.4 Å². The van der Waals surface area contributed by atoms with Crippen molar-refractivity contribution in [3.8, 4) is 0 Å². The molecular weight excluding hydrogens is 336 g/mol. The van der Waals surface area contributed by atoms with E-state index in [2.05, 4.69) is 15.6 Å². The first-order valence-electron chi connectivity index (χ1n) is 7.96. The van der Waals surface area contributed by atoms with E-state index in [9.17, 15) is 14.4 Å². The van der Waals surface area contributed by atoms with Crippen molar-refractivity contribution in [1.82, 2.24) is 10.3 Å². The zero-order chi connectivity index (χ0) is 19.1. The predicted octanol–water partition coefficient (Wildman–Crippen LogP) is 1.36. The van der Waals surface area contributed by atoms with E-state index in [1.807, 2.05) is 6.92 Å². The molecule has 0 saturated carbocycles. The van der Waals surface area contributed by atoms with Crippen LogP contribution in [-0.4, -0.2) is 34.4 Å². The van der Waals surface area contributed by atoms with Crippen LogP contribution in [0.3, 0.4) is 0 Å². The normalized spacial score (nSPS) is 10.2. The highest BCUT2D eigenvalue weighted by molar-refractivity contribution is 5.99. The number of anilines is 2. The molecule has 2 rings (SSSR count). The number of rotatable bonds is 7. The van der Waals surface area contributed by atoms with Gasteiger partial charge >= 0.3 is 5.97 Å². The molecule has 0 atom stereocenters. The maximum atomic E-state index is 12.1. The predicted molar refractivity (Wildman–Crippen MR) is 96.7 cm³/mol. The Morgan fingerprint density at radius 1 is 1.23 bits per heavy atom. The fourth-order valence-corrected chi connectivity index (χ4v) is 2.22. The molecule has 0 aliphatic heterocycles. The molecule has 136 valence electrons. The van der Waals surface area contributed by atoms with Crippen molar-refractivity contribution in [3.05, 3.63) is 53.2 Å². The van der Waals surface area contributed by atoms with E-state index >= 15 is 0 Å². The van der Waals surface area contributed by atoms with Crippen LogP contribution in [0.2, 0.25) is 0 Å². The minimum Gasteiger partial charge on any atom is -0.481 e. The average molecular weight is 356 g/mol. The largest absolute Gasteiger partial charge is 0.481 e. The summed E-state index contributed by atoms with van der Waals surface area (Å²) in [6.45, 7) is 1.58. The quantitative estimate of drug-likeness (QED) is 0.553. The summed E-state index contributed by atoms with van der Waals surface area (Å²) in [5.41, 5.74) is 8.11. The summed E-state index contributed by atoms with van der Waals surface area (Å²) in [6.07, 6.45) is 1.67. The van der Waals surface area contributed by atoms with Crippen molar-refractivity contribution < 1.29 is 19.5 Å². The number of pyridine rings is 1. The van der Waals surface area contributed by atoms with E-state index in [4.69, 9.17) is 10.8 Å². The number of nitrogen functional groups attached to an aromatic ring is 1. The van der Waals surface area contributed by atoms with E-state index in [1.165, 1.54) is 6.20 Å². The highest BCUT2D eigenvalue weighted by atomic mass is 16.4. The van der Waals surface area contributed by atoms with Crippen LogP contribution >= 0.6 is 0 Å². The monoisotopic (exact) mass is 356 g/mol. The molecule has 1 aromatic heterocycles. The number of carboxylic acid groups (broad SMARTS) is 1. The third-order valence-corrected chi connectivity index (χ3v) is 3.71. The highest BCUT2D eigenvalue weighted by Crippen LogP contribution is 2.14. The molecule has 0 saturated heterocycles. The van der Waals surface area contributed by atoms with Crippen molar-refractivity contribution in [2.45, 2.75) is 19.8 Å². The number of carboxylic acids is 1. The van der Waals surface area contributed by atoms with E-state index in [0.717, 1.165) is 5.56 Å². The molecule has 0 spiro atoms. The van der Waals surface area contributed by atoms with Crippen LogP contribution in [0.1, 0.15) is 27.9 Å². The number of carbonyl (C=O) groups excluding carboxylic acids is 2. The molecule has 0 aliphatic carbocycles. The van der Waals surface area contributed by atoms with Gasteiger partial charge in [0, 0.05) is 23.9 Å². The van der Waals surface area contributed by atoms with Crippen molar-refractivity contribution >= 4 is 29.3 Å². The lowest BCUT2D eigenvalue weighted by atomic mass is 10.1. The van der Waals surface area contributed by atoms with Crippen LogP contribution in [-0.2, 0) is 16.0 Å². The zero-order valence-electron chi connectivity index (χ0n) is 14.3. The first kappa shape index (κ1) is 18.9. The van der Waals surface area contributed by atoms with Crippen molar-refractivity contribution in [2.75, 3.05) is 17.6 Å². The minimum atomic E-state index is -0.934. The second kappa shape index (κ2) is 8.61. The highest BCUT2D eigenvalue weighted by Gasteiger charge is 2.12. The number of nitrogens with one attached hydrogen (secondary N) is 2. The van der Waals surface area contributed by atoms with Crippen molar-refractivity contribution in [1.29, 1.82) is 0 Å². The van der Waals surface area contributed by atoms with Crippen LogP contribution < -0.4 is 16.4 Å². The average Bonchev–Trinajstić information content (AvgIpc) is 2.61. The van der Waals surface area contributed by atoms with Gasteiger partial charge in [-0.25, -0.2) is 4.98 Å². The van der Waals surface area contributed by atoms with E-state index in [0.29, 0.717) is 16.8 Å². The minimum absolute atomic E-state index is 0.0693. The Hall–Kier alpha value is -3.42. The molecule has 1 heterocycles. The Bertz CT molecular complexity index is 836. The summed E-state index contributed by atoms with van der Waals surface area (Å²) in [6, 6.07) is 8.26. The Kier molecular flexibility index (Phi) is 6.26. The van der Waals surface area contributed by atoms with Crippen molar-refractivity contribution in [2.24, 2.45) is 0 Å². The molecule has 0 aliphatic rings. The second-order valence-corrected chi connectivity index (χ2v) is 5.71. The van der Waals surface area contributed by atoms with E-state index in [-0.39, 0.29) is 25.2 Å². The van der Waals surface area contributed by atoms with Gasteiger partial charge < -0.3 is 21.5 Å². The van der Waals surface area contributed by atoms with Gasteiger partial charge in [0.05, 0.1) is 6.54 Å². The SMILES string of the molecule is Cc1ccc(C(=O)NCC(=O)Nc2ncccc2CCC(=O)O)cc1N. The number of aromatic nitrogens is 1. The van der Waals surface area contributed by atoms with Gasteiger partial charge in [0.1, 0.15) is 5.82 Å². The van der Waals surface area contributed by atoms with Gasteiger partial charge in [-0.2, -0.15) is 0 Å². The number of benzene rings is 1. The lowest BCUT2D eigenvalue weighted by Crippen LogP contribution is -2.33. The van der Waals surface area contributed by atoms with Gasteiger partial charge in [0.15, 0.2) is 0 Å². The summed E-state index contributed by atoms with van der Waals surface area (Å²) in [7, 11) is 0. The van der Waals surface area contributed by atoms with E-state index < -0.39 is 17.8 Å². The van der Waals surface area contributed by atoms with E-state index in [1.54, 1.807) is 30.3 Å². The maximum Gasteiger partial charge on any atom is 0.303 e. The number of carbonyl (C=O) groups is 3. The number of hydrogen-bond donors (Lipinski definition) is 4. The molecule has 0 fully saturated rings. The van der Waals surface area contributed by atoms with Gasteiger partial charge in [-0.15, -0.1) is 0 Å². The number of amides is 2. The molecule has 8 heteroatoms. The Balaban J connectivity index is 1.93. The van der Waals surface area contributed by atoms with Crippen LogP contribution in [0.15, 0.2) is 36.5 Å². The number of nitrogens with two attached hydrogens (primary N) is 1. The van der Waals surface area contributed by atoms with Gasteiger partial charge in [-0.05, 0) is 42.7 Å². The summed E-state index contributed by atoms with van der Waals surface area (Å²) in [5, 5.41) is 13.9. The maximum absolute atomic E-state index is 12.1. The first-order chi connectivity index (χ1) is 12.4. The molecule has 2 amide bonds. The molecule has 8 nitrogen and oxygen atoms in total. The molecule has 0 radical (unpaired) electrons. The number of nitrogens with zero attached hydrogens (tertiary/aromatic N) is 1. The standard InChI is InChI=1S/C18H20N4O4/c1-11-4-5-13(9-14(11)19)18(26)21-10-15(23)22-17-12(3-2-8-20-17)6-7-16(24)25/h2-5,8-9H,6-7,10,19H2,1H3,(H,21,26)(H,24,25)(H,20,22,23). The summed E-state index contributed by atoms with van der Waals surface area (Å²) < 4.78 is 0. The smallest absolute Gasteiger partial charge is 0.303 e. The second-order valence-electron chi connectivity index (χ2n) is 5.71. The van der Waals surface area contributed by atoms with Crippen LogP contribution in [0.25, 0.3) is 0 Å². The summed E-state index contributed by atoms with van der Waals surface area (Å²) in [4.78, 5) is 38.9. The lowest BCUT2D eigenvalue weighted by molar-refractivity contribution is -0.136. The molecule has 1 aromatic carbocycles. The third kappa shape index (κ3) is 5.30. The fraction of sp³-hybridized carbons (Fsp3) is 0.222. The fourth-order valence-electron chi connectivity index (χ4n) is 2.22. The number of hydrogen-bond acceptors (Lipinski definition) is 5. The van der Waals surface area contributed by atoms with Crippen molar-refractivity contribution in [3.63, 3.8) is 0 Å². The molecule has 26 heavy (non-hydrogen) atoms. The topological polar surface area (TPSA) is 134 Å². The summed E-state index contributed by atoms with van der Waals surface area (Å²) in [5.74, 6) is -1.53.